The molecule has 0 radical (unpaired) electrons. The molecule has 0 aliphatic carbocycles. The number of benzene rings is 1. The molecule has 0 amide bonds. The van der Waals surface area contributed by atoms with Crippen molar-refractivity contribution in [2.75, 3.05) is 20.2 Å². The molecule has 1 N–H and O–H groups in total. The second kappa shape index (κ2) is 6.52. The smallest absolute Gasteiger partial charge is 0.312 e. The van der Waals surface area contributed by atoms with E-state index in [2.05, 4.69) is 5.32 Å². The van der Waals surface area contributed by atoms with E-state index in [1.54, 1.807) is 0 Å². The molecule has 4 nitrogen and oxygen atoms in total. The normalized spacial score (nSPS) is 23.6. The first kappa shape index (κ1) is 13.1. The highest BCUT2D eigenvalue weighted by Gasteiger charge is 2.32. The van der Waals surface area contributed by atoms with Crippen LogP contribution in [-0.4, -0.2) is 32.3 Å². The van der Waals surface area contributed by atoms with Gasteiger partial charge in [0.2, 0.25) is 0 Å². The topological polar surface area (TPSA) is 47.6 Å². The van der Waals surface area contributed by atoms with E-state index < -0.39 is 0 Å². The first-order valence-electron chi connectivity index (χ1n) is 6.25. The van der Waals surface area contributed by atoms with Crippen LogP contribution < -0.4 is 5.32 Å². The molecule has 1 aliphatic heterocycles. The van der Waals surface area contributed by atoms with Gasteiger partial charge in [-0.3, -0.25) is 4.79 Å². The average molecular weight is 249 g/mol. The minimum atomic E-state index is -0.201. The maximum atomic E-state index is 11.6. The van der Waals surface area contributed by atoms with Crippen LogP contribution in [0.3, 0.4) is 0 Å². The molecule has 98 valence electrons. The van der Waals surface area contributed by atoms with Crippen LogP contribution in [0.5, 0.6) is 0 Å². The van der Waals surface area contributed by atoms with Crippen molar-refractivity contribution < 1.29 is 14.3 Å². The lowest BCUT2D eigenvalue weighted by molar-refractivity contribution is -0.153. The molecule has 1 fully saturated rings. The Labute approximate surface area is 107 Å². The predicted molar refractivity (Wildman–Crippen MR) is 68.0 cm³/mol. The highest BCUT2D eigenvalue weighted by molar-refractivity contribution is 5.73. The van der Waals surface area contributed by atoms with Crippen molar-refractivity contribution in [3.8, 4) is 0 Å². The number of carbonyl (C=O) groups is 1. The Kier molecular flexibility index (Phi) is 4.73. The molecule has 18 heavy (non-hydrogen) atoms. The molecule has 0 spiro atoms. The quantitative estimate of drug-likeness (QED) is 0.818. The van der Waals surface area contributed by atoms with Crippen LogP contribution in [0, 0.1) is 5.92 Å². The molecule has 1 heterocycles. The maximum absolute atomic E-state index is 11.6. The Hall–Kier alpha value is -1.39. The van der Waals surface area contributed by atoms with Gasteiger partial charge < -0.3 is 14.8 Å². The fourth-order valence-corrected chi connectivity index (χ4v) is 2.20. The van der Waals surface area contributed by atoms with Gasteiger partial charge in [0.25, 0.3) is 0 Å². The van der Waals surface area contributed by atoms with Crippen LogP contribution in [0.2, 0.25) is 0 Å². The van der Waals surface area contributed by atoms with Crippen LogP contribution in [0.25, 0.3) is 0 Å². The lowest BCUT2D eigenvalue weighted by Gasteiger charge is -2.30. The summed E-state index contributed by atoms with van der Waals surface area (Å²) in [6.45, 7) is 2.05. The fraction of sp³-hybridized carbons (Fsp3) is 0.500. The zero-order valence-corrected chi connectivity index (χ0v) is 10.6. The van der Waals surface area contributed by atoms with Crippen molar-refractivity contribution in [1.29, 1.82) is 0 Å². The number of carbonyl (C=O) groups excluding carboxylic acids is 1. The third-order valence-electron chi connectivity index (χ3n) is 3.23. The lowest BCUT2D eigenvalue weighted by atomic mass is 9.96. The van der Waals surface area contributed by atoms with Crippen molar-refractivity contribution in [3.63, 3.8) is 0 Å². The molecule has 1 aromatic carbocycles. The van der Waals surface area contributed by atoms with Gasteiger partial charge in [0.1, 0.15) is 0 Å². The van der Waals surface area contributed by atoms with Crippen molar-refractivity contribution in [1.82, 2.24) is 5.32 Å². The van der Waals surface area contributed by atoms with Gasteiger partial charge in [0.05, 0.1) is 25.7 Å². The Balaban J connectivity index is 1.91. The van der Waals surface area contributed by atoms with E-state index in [1.807, 2.05) is 30.3 Å². The number of hydrogen-bond donors (Lipinski definition) is 1. The highest BCUT2D eigenvalue weighted by atomic mass is 16.5. The summed E-state index contributed by atoms with van der Waals surface area (Å²) in [7, 11) is 1.42. The number of ether oxygens (including phenoxy) is 2. The summed E-state index contributed by atoms with van der Waals surface area (Å²) in [6, 6.07) is 9.99. The predicted octanol–water partition coefficient (Wildman–Crippen LogP) is 1.35. The SMILES string of the molecule is COC(=O)C1CNCCC1OCc1ccccc1. The second-order valence-electron chi connectivity index (χ2n) is 4.46. The van der Waals surface area contributed by atoms with Gasteiger partial charge in [-0.05, 0) is 18.5 Å². The first-order valence-corrected chi connectivity index (χ1v) is 6.25. The lowest BCUT2D eigenvalue weighted by Crippen LogP contribution is -2.45. The number of methoxy groups -OCH3 is 1. The van der Waals surface area contributed by atoms with Crippen LogP contribution in [0.1, 0.15) is 12.0 Å². The highest BCUT2D eigenvalue weighted by Crippen LogP contribution is 2.18. The number of hydrogen-bond acceptors (Lipinski definition) is 4. The molecule has 4 heteroatoms. The van der Waals surface area contributed by atoms with Gasteiger partial charge in [-0.25, -0.2) is 0 Å². The molecule has 2 atom stereocenters. The number of piperidine rings is 1. The summed E-state index contributed by atoms with van der Waals surface area (Å²) in [6.07, 6.45) is 0.783. The average Bonchev–Trinajstić information content (AvgIpc) is 2.45. The molecule has 1 saturated heterocycles. The third-order valence-corrected chi connectivity index (χ3v) is 3.23. The van der Waals surface area contributed by atoms with Gasteiger partial charge in [0.15, 0.2) is 0 Å². The largest absolute Gasteiger partial charge is 0.469 e. The van der Waals surface area contributed by atoms with Gasteiger partial charge in [0, 0.05) is 6.54 Å². The Bertz CT molecular complexity index is 380. The second-order valence-corrected chi connectivity index (χ2v) is 4.46. The molecule has 0 saturated carbocycles. The van der Waals surface area contributed by atoms with E-state index in [0.29, 0.717) is 13.2 Å². The molecule has 0 bridgehead atoms. The summed E-state index contributed by atoms with van der Waals surface area (Å²) >= 11 is 0. The Morgan fingerprint density at radius 2 is 2.17 bits per heavy atom. The summed E-state index contributed by atoms with van der Waals surface area (Å²) in [5, 5.41) is 3.20. The number of nitrogens with one attached hydrogen (secondary N) is 1. The van der Waals surface area contributed by atoms with E-state index in [9.17, 15) is 4.79 Å². The minimum absolute atomic E-state index is 0.0566. The molecular weight excluding hydrogens is 230 g/mol. The molecule has 2 rings (SSSR count). The Morgan fingerprint density at radius 3 is 2.89 bits per heavy atom. The summed E-state index contributed by atoms with van der Waals surface area (Å²) in [4.78, 5) is 11.6. The summed E-state index contributed by atoms with van der Waals surface area (Å²) < 4.78 is 10.7. The van der Waals surface area contributed by atoms with Crippen molar-refractivity contribution in [2.24, 2.45) is 5.92 Å². The van der Waals surface area contributed by atoms with E-state index in [4.69, 9.17) is 9.47 Å². The van der Waals surface area contributed by atoms with E-state index in [-0.39, 0.29) is 18.0 Å². The fourth-order valence-electron chi connectivity index (χ4n) is 2.20. The third kappa shape index (κ3) is 3.31. The first-order chi connectivity index (χ1) is 8.81. The summed E-state index contributed by atoms with van der Waals surface area (Å²) in [5.74, 6) is -0.396. The van der Waals surface area contributed by atoms with E-state index >= 15 is 0 Å². The molecule has 0 aromatic heterocycles. The summed E-state index contributed by atoms with van der Waals surface area (Å²) in [5.41, 5.74) is 1.12. The zero-order chi connectivity index (χ0) is 12.8. The van der Waals surface area contributed by atoms with Crippen molar-refractivity contribution in [3.05, 3.63) is 35.9 Å². The number of rotatable bonds is 4. The number of esters is 1. The molecule has 2 unspecified atom stereocenters. The molecule has 1 aromatic rings. The van der Waals surface area contributed by atoms with Crippen molar-refractivity contribution in [2.45, 2.75) is 19.1 Å². The maximum Gasteiger partial charge on any atom is 0.312 e. The standard InChI is InChI=1S/C14H19NO3/c1-17-14(16)12-9-15-8-7-13(12)18-10-11-5-3-2-4-6-11/h2-6,12-13,15H,7-10H2,1H3. The van der Waals surface area contributed by atoms with Crippen LogP contribution >= 0.6 is 0 Å². The van der Waals surface area contributed by atoms with Gasteiger partial charge >= 0.3 is 5.97 Å². The molecular formula is C14H19NO3. The van der Waals surface area contributed by atoms with Crippen LogP contribution in [0.4, 0.5) is 0 Å². The zero-order valence-electron chi connectivity index (χ0n) is 10.6. The minimum Gasteiger partial charge on any atom is -0.469 e. The van der Waals surface area contributed by atoms with Crippen LogP contribution in [0.15, 0.2) is 30.3 Å². The van der Waals surface area contributed by atoms with Gasteiger partial charge in [-0.15, -0.1) is 0 Å². The molecule has 1 aliphatic rings. The van der Waals surface area contributed by atoms with E-state index in [0.717, 1.165) is 18.5 Å². The van der Waals surface area contributed by atoms with E-state index in [1.165, 1.54) is 7.11 Å². The van der Waals surface area contributed by atoms with Crippen LogP contribution in [-0.2, 0) is 20.9 Å². The van der Waals surface area contributed by atoms with Gasteiger partial charge in [-0.1, -0.05) is 30.3 Å². The monoisotopic (exact) mass is 249 g/mol. The Morgan fingerprint density at radius 1 is 1.39 bits per heavy atom. The van der Waals surface area contributed by atoms with Crippen molar-refractivity contribution >= 4 is 5.97 Å². The van der Waals surface area contributed by atoms with Gasteiger partial charge in [-0.2, -0.15) is 0 Å².